The van der Waals surface area contributed by atoms with Gasteiger partial charge in [0.25, 0.3) is 11.6 Å². The van der Waals surface area contributed by atoms with Crippen molar-refractivity contribution in [2.45, 2.75) is 6.54 Å². The van der Waals surface area contributed by atoms with Crippen LogP contribution < -0.4 is 14.3 Å². The first-order chi connectivity index (χ1) is 15.8. The molecule has 0 unspecified atom stereocenters. The number of ether oxygens (including phenoxy) is 4. The van der Waals surface area contributed by atoms with Crippen LogP contribution in [0.1, 0.15) is 20.7 Å². The largest absolute Gasteiger partial charge is 0.493 e. The highest BCUT2D eigenvalue weighted by atomic mass is 32.1. The van der Waals surface area contributed by atoms with Crippen molar-refractivity contribution in [1.29, 1.82) is 0 Å². The van der Waals surface area contributed by atoms with E-state index in [9.17, 15) is 19.7 Å². The number of nitrogens with zero attached hydrogens (tertiary/aromatic N) is 3. The Hall–Kier alpha value is -3.77. The van der Waals surface area contributed by atoms with Gasteiger partial charge in [0.05, 0.1) is 54.7 Å². The minimum Gasteiger partial charge on any atom is -0.493 e. The van der Waals surface area contributed by atoms with E-state index >= 15 is 0 Å². The average Bonchev–Trinajstić information content (AvgIpc) is 3.16. The molecular weight excluding hydrogens is 454 g/mol. The van der Waals surface area contributed by atoms with Crippen molar-refractivity contribution < 1.29 is 33.5 Å². The summed E-state index contributed by atoms with van der Waals surface area (Å²) in [5.74, 6) is -1.04. The number of nitro benzene ring substituents is 1. The van der Waals surface area contributed by atoms with Gasteiger partial charge in [-0.25, -0.2) is 4.79 Å². The Balaban J connectivity index is 2.19. The minimum absolute atomic E-state index is 0.119. The molecule has 0 aliphatic rings. The maximum atomic E-state index is 13.1. The SMILES string of the molecule is COCCn1c(=NC(=O)c2cc(OC)c(OC)cc2[N+](=O)[O-])sc2cc(C(=O)OC)ccc21. The van der Waals surface area contributed by atoms with E-state index < -0.39 is 22.5 Å². The van der Waals surface area contributed by atoms with Crippen LogP contribution in [-0.4, -0.2) is 56.4 Å². The Morgan fingerprint density at radius 1 is 1.09 bits per heavy atom. The number of methoxy groups -OCH3 is 4. The van der Waals surface area contributed by atoms with Crippen molar-refractivity contribution in [1.82, 2.24) is 4.57 Å². The van der Waals surface area contributed by atoms with E-state index in [-0.39, 0.29) is 21.9 Å². The first-order valence-electron chi connectivity index (χ1n) is 9.54. The van der Waals surface area contributed by atoms with Gasteiger partial charge in [-0.05, 0) is 18.2 Å². The highest BCUT2D eigenvalue weighted by Crippen LogP contribution is 2.34. The first kappa shape index (κ1) is 23.9. The van der Waals surface area contributed by atoms with Gasteiger partial charge >= 0.3 is 5.97 Å². The minimum atomic E-state index is -0.825. The van der Waals surface area contributed by atoms with Crippen LogP contribution in [-0.2, 0) is 16.0 Å². The number of benzene rings is 2. The molecule has 33 heavy (non-hydrogen) atoms. The van der Waals surface area contributed by atoms with Gasteiger partial charge < -0.3 is 23.5 Å². The molecule has 0 aliphatic carbocycles. The highest BCUT2D eigenvalue weighted by Gasteiger charge is 2.25. The number of rotatable bonds is 8. The molecule has 3 rings (SSSR count). The van der Waals surface area contributed by atoms with Gasteiger partial charge in [-0.1, -0.05) is 11.3 Å². The summed E-state index contributed by atoms with van der Waals surface area (Å²) in [5, 5.41) is 11.6. The lowest BCUT2D eigenvalue weighted by Gasteiger charge is -2.09. The normalized spacial score (nSPS) is 11.5. The van der Waals surface area contributed by atoms with Crippen molar-refractivity contribution in [3.05, 3.63) is 56.4 Å². The molecule has 0 spiro atoms. The van der Waals surface area contributed by atoms with Crippen molar-refractivity contribution in [3.8, 4) is 11.5 Å². The molecule has 174 valence electrons. The number of aromatic nitrogens is 1. The number of fused-ring (bicyclic) bond motifs is 1. The molecule has 0 saturated carbocycles. The van der Waals surface area contributed by atoms with E-state index in [1.165, 1.54) is 27.4 Å². The fourth-order valence-electron chi connectivity index (χ4n) is 3.14. The highest BCUT2D eigenvalue weighted by molar-refractivity contribution is 7.16. The summed E-state index contributed by atoms with van der Waals surface area (Å²) in [7, 11) is 5.53. The van der Waals surface area contributed by atoms with Crippen molar-refractivity contribution in [2.24, 2.45) is 4.99 Å². The zero-order valence-electron chi connectivity index (χ0n) is 18.3. The number of nitro groups is 1. The first-order valence-corrected chi connectivity index (χ1v) is 10.4. The fourth-order valence-corrected chi connectivity index (χ4v) is 4.23. The predicted molar refractivity (Wildman–Crippen MR) is 119 cm³/mol. The molecule has 0 fully saturated rings. The third kappa shape index (κ3) is 4.86. The molecular formula is C21H21N3O8S. The summed E-state index contributed by atoms with van der Waals surface area (Å²) in [5.41, 5.74) is 0.360. The molecule has 1 amide bonds. The van der Waals surface area contributed by atoms with Crippen molar-refractivity contribution in [3.63, 3.8) is 0 Å². The monoisotopic (exact) mass is 475 g/mol. The summed E-state index contributed by atoms with van der Waals surface area (Å²) >= 11 is 1.16. The lowest BCUT2D eigenvalue weighted by molar-refractivity contribution is -0.385. The summed E-state index contributed by atoms with van der Waals surface area (Å²) in [4.78, 5) is 40.3. The van der Waals surface area contributed by atoms with E-state index in [0.29, 0.717) is 23.4 Å². The number of thiazole rings is 1. The molecule has 0 bridgehead atoms. The Bertz CT molecular complexity index is 1290. The Kier molecular flexibility index (Phi) is 7.41. The number of hydrogen-bond donors (Lipinski definition) is 0. The maximum absolute atomic E-state index is 13.1. The van der Waals surface area contributed by atoms with E-state index in [4.69, 9.17) is 18.9 Å². The second kappa shape index (κ2) is 10.2. The van der Waals surface area contributed by atoms with Crippen molar-refractivity contribution in [2.75, 3.05) is 35.0 Å². The van der Waals surface area contributed by atoms with E-state index in [1.807, 2.05) is 0 Å². The molecule has 1 heterocycles. The molecule has 11 nitrogen and oxygen atoms in total. The molecule has 0 N–H and O–H groups in total. The predicted octanol–water partition coefficient (Wildman–Crippen LogP) is 2.80. The van der Waals surface area contributed by atoms with E-state index in [1.54, 1.807) is 29.9 Å². The van der Waals surface area contributed by atoms with Gasteiger partial charge in [-0.2, -0.15) is 4.99 Å². The lowest BCUT2D eigenvalue weighted by atomic mass is 10.1. The number of carbonyl (C=O) groups excluding carboxylic acids is 2. The summed E-state index contributed by atoms with van der Waals surface area (Å²) in [6.07, 6.45) is 0. The number of carbonyl (C=O) groups is 2. The molecule has 0 atom stereocenters. The number of amides is 1. The topological polar surface area (TPSA) is 131 Å². The molecule has 1 aromatic heterocycles. The quantitative estimate of drug-likeness (QED) is 0.276. The van der Waals surface area contributed by atoms with Gasteiger partial charge in [0.2, 0.25) is 0 Å². The Morgan fingerprint density at radius 2 is 1.79 bits per heavy atom. The molecule has 0 aliphatic heterocycles. The summed E-state index contributed by atoms with van der Waals surface area (Å²) < 4.78 is 22.6. The van der Waals surface area contributed by atoms with E-state index in [2.05, 4.69) is 4.99 Å². The van der Waals surface area contributed by atoms with Gasteiger partial charge in [-0.3, -0.25) is 14.9 Å². The van der Waals surface area contributed by atoms with Crippen LogP contribution in [0.3, 0.4) is 0 Å². The van der Waals surface area contributed by atoms with Crippen molar-refractivity contribution >= 4 is 39.1 Å². The van der Waals surface area contributed by atoms with Gasteiger partial charge in [0, 0.05) is 19.7 Å². The molecule has 3 aromatic rings. The molecule has 0 radical (unpaired) electrons. The molecule has 12 heteroatoms. The van der Waals surface area contributed by atoms with Crippen LogP contribution in [0.4, 0.5) is 5.69 Å². The second-order valence-electron chi connectivity index (χ2n) is 6.60. The Labute approximate surface area is 191 Å². The number of esters is 1. The summed E-state index contributed by atoms with van der Waals surface area (Å²) in [6.45, 7) is 0.705. The third-order valence-electron chi connectivity index (χ3n) is 4.75. The number of hydrogen-bond acceptors (Lipinski definition) is 9. The zero-order chi connectivity index (χ0) is 24.1. The molecule has 2 aromatic carbocycles. The lowest BCUT2D eigenvalue weighted by Crippen LogP contribution is -2.19. The van der Waals surface area contributed by atoms with Gasteiger partial charge in [0.15, 0.2) is 16.3 Å². The van der Waals surface area contributed by atoms with Crippen LogP contribution in [0.5, 0.6) is 11.5 Å². The fraction of sp³-hybridized carbons (Fsp3) is 0.286. The van der Waals surface area contributed by atoms with Gasteiger partial charge in [-0.15, -0.1) is 0 Å². The van der Waals surface area contributed by atoms with Crippen LogP contribution in [0, 0.1) is 10.1 Å². The van der Waals surface area contributed by atoms with Crippen LogP contribution in [0.2, 0.25) is 0 Å². The second-order valence-corrected chi connectivity index (χ2v) is 7.61. The molecule has 0 saturated heterocycles. The summed E-state index contributed by atoms with van der Waals surface area (Å²) in [6, 6.07) is 7.31. The Morgan fingerprint density at radius 3 is 2.39 bits per heavy atom. The van der Waals surface area contributed by atoms with E-state index in [0.717, 1.165) is 22.9 Å². The van der Waals surface area contributed by atoms with Crippen LogP contribution in [0.15, 0.2) is 35.3 Å². The van der Waals surface area contributed by atoms with Gasteiger partial charge in [0.1, 0.15) is 5.56 Å². The van der Waals surface area contributed by atoms with Crippen LogP contribution >= 0.6 is 11.3 Å². The average molecular weight is 475 g/mol. The standard InChI is InChI=1S/C21H21N3O8S/c1-29-8-7-23-14-6-5-12(20(26)32-4)9-18(14)33-21(23)22-19(25)13-10-16(30-2)17(31-3)11-15(13)24(27)28/h5-6,9-11H,7-8H2,1-4H3. The van der Waals surface area contributed by atoms with Crippen LogP contribution in [0.25, 0.3) is 10.2 Å². The maximum Gasteiger partial charge on any atom is 0.337 e. The third-order valence-corrected chi connectivity index (χ3v) is 5.79. The smallest absolute Gasteiger partial charge is 0.337 e. The zero-order valence-corrected chi connectivity index (χ0v) is 19.1.